The van der Waals surface area contributed by atoms with E-state index in [4.69, 9.17) is 66.3 Å². The normalized spacial score (nSPS) is 46.1. The Bertz CT molecular complexity index is 2470. The molecule has 44 heteroatoms. The highest BCUT2D eigenvalue weighted by atomic mass is 16.8. The molecule has 0 aromatic carbocycles. The minimum absolute atomic E-state index is 0.217. The lowest BCUT2D eigenvalue weighted by Crippen LogP contribution is -2.72. The van der Waals surface area contributed by atoms with Crippen molar-refractivity contribution in [3.8, 4) is 0 Å². The number of carbonyl (C=O) groups excluding carboxylic acids is 3. The molecule has 7 aliphatic rings. The van der Waals surface area contributed by atoms with Crippen LogP contribution in [-0.4, -0.2) is 428 Å². The van der Waals surface area contributed by atoms with Gasteiger partial charge in [-0.15, -0.1) is 0 Å². The van der Waals surface area contributed by atoms with Crippen molar-refractivity contribution in [3.63, 3.8) is 0 Å². The van der Waals surface area contributed by atoms with E-state index in [1.54, 1.807) is 0 Å². The molecular formula is C53H89N3O41. The molecule has 0 bridgehead atoms. The number of hydrogen-bond acceptors (Lipinski definition) is 40. The molecule has 7 aliphatic heterocycles. The minimum Gasteiger partial charge on any atom is -0.477 e. The molecule has 0 spiro atoms. The predicted molar refractivity (Wildman–Crippen MR) is 296 cm³/mol. The van der Waals surface area contributed by atoms with Crippen LogP contribution in [0.1, 0.15) is 20.3 Å². The Labute approximate surface area is 548 Å². The number of rotatable bonds is 30. The van der Waals surface area contributed by atoms with Crippen molar-refractivity contribution in [1.82, 2.24) is 16.0 Å². The first-order chi connectivity index (χ1) is 45.9. The van der Waals surface area contributed by atoms with Gasteiger partial charge in [0, 0.05) is 20.3 Å². The molecule has 562 valence electrons. The molecular weight excluding hydrogens is 1330 g/mol. The molecule has 44 nitrogen and oxygen atoms in total. The smallest absolute Gasteiger partial charge is 0.364 e. The van der Waals surface area contributed by atoms with Crippen LogP contribution < -0.4 is 16.0 Å². The summed E-state index contributed by atoms with van der Waals surface area (Å²) in [6.45, 7) is -7.53. The molecule has 3 amide bonds. The first kappa shape index (κ1) is 80.7. The first-order valence-corrected chi connectivity index (χ1v) is 30.5. The number of carbonyl (C=O) groups is 4. The monoisotopic (exact) mass is 1420 g/mol. The Morgan fingerprint density at radius 3 is 1.34 bits per heavy atom. The van der Waals surface area contributed by atoms with Crippen LogP contribution in [0.4, 0.5) is 0 Å². The largest absolute Gasteiger partial charge is 0.477 e. The summed E-state index contributed by atoms with van der Waals surface area (Å²) in [6.07, 6.45) is -72.1. The fraction of sp³-hybridized carbons (Fsp3) is 0.925. The number of aliphatic carboxylic acids is 1. The van der Waals surface area contributed by atoms with E-state index in [2.05, 4.69) is 16.0 Å². The highest BCUT2D eigenvalue weighted by Crippen LogP contribution is 2.42. The maximum atomic E-state index is 13.7. The van der Waals surface area contributed by atoms with E-state index in [9.17, 15) is 137 Å². The lowest BCUT2D eigenvalue weighted by atomic mass is 9.88. The summed E-state index contributed by atoms with van der Waals surface area (Å²) >= 11 is 0. The lowest BCUT2D eigenvalue weighted by molar-refractivity contribution is -0.405. The Morgan fingerprint density at radius 1 is 0.464 bits per heavy atom. The molecule has 0 aromatic rings. The van der Waals surface area contributed by atoms with E-state index in [1.165, 1.54) is 0 Å². The van der Waals surface area contributed by atoms with Gasteiger partial charge in [-0.05, 0) is 0 Å². The summed E-state index contributed by atoms with van der Waals surface area (Å²) in [5.74, 6) is -7.66. The van der Waals surface area contributed by atoms with Crippen molar-refractivity contribution in [2.75, 3.05) is 59.5 Å². The topological polar surface area (TPSA) is 699 Å². The number of amides is 3. The van der Waals surface area contributed by atoms with Crippen LogP contribution in [0.25, 0.3) is 0 Å². The average molecular weight is 1420 g/mol. The number of carboxylic acid groups (broad SMARTS) is 1. The maximum absolute atomic E-state index is 13.7. The second-order valence-electron chi connectivity index (χ2n) is 23.9. The molecule has 7 rings (SSSR count). The highest BCUT2D eigenvalue weighted by molar-refractivity contribution is 5.77. The standard InChI is InChI=1S/C53H89N3O41/c1-14(66)55-25-17(68)3-53(52(82)83,96-42(25)27(70)18(69)5-58)97-45-38(81)51(91-39-23(10-63)89-47(35(78)33(39)76)84-12-16(4-57)54-13-65)90-24(11-64)40(45)92-46-26(56-15(2)67)41(29(72)20(7-60)85-46)93-49-36(79)44(31(74)21(8-61)87-49)95-50-37(80)43(30(73)22(9-62)88-50)94-48-34(77)32(75)28(71)19(6-59)86-48/h13,16-51,57-64,68-81H,3-12H2,1-2H3,(H,54,65)(H,55,66)(H,56,67)(H,82,83)/t16-,17+,18-,19-,20-,21-,22-,23-,24-,25-,26-,27-,28+,29+,30+,31+,32+,33-,34-,35-,36-,37-,38-,39-,40+,41-,42-,43+,44+,45-,46+,47-,48-,49+,50-,51+,53+/m1/s1. The van der Waals surface area contributed by atoms with Gasteiger partial charge in [-0.25, -0.2) is 4.79 Å². The summed E-state index contributed by atoms with van der Waals surface area (Å²) in [5, 5.41) is 258. The molecule has 0 aromatic heterocycles. The molecule has 97 heavy (non-hydrogen) atoms. The fourth-order valence-electron chi connectivity index (χ4n) is 12.1. The SMILES string of the molecule is CC(=O)N[C@H]1[C@H](O[C@@H]2[C@H](O[C@]3(C(=O)O)C[C@H](O)[C@@H](NC(C)=O)[C@H]([C@H](O)[C@H](O)CO)O3)[C@@H](O)[C@H](O[C@H]3[C@H](O)[C@@H](O)[C@H](OC[C@@H](CO)NC=O)O[C@@H]3CO)O[C@@H]2CO)O[C@H](CO)[C@H](O)[C@@H]1O[C@@H]1O[C@H](CO)[C@H](O)[C@H](O[C@H]2O[C@H](CO)[C@H](O)[C@H](O[C@H]3O[C@H](CO)[C@H](O)[C@H](O)[C@H]3O)[C@H]2O)[C@H]1O. The van der Waals surface area contributed by atoms with Gasteiger partial charge in [0.25, 0.3) is 5.79 Å². The average Bonchev–Trinajstić information content (AvgIpc) is 0.753. The number of nitrogens with one attached hydrogen (secondary N) is 3. The van der Waals surface area contributed by atoms with E-state index in [0.717, 1.165) is 13.8 Å². The van der Waals surface area contributed by atoms with Crippen LogP contribution in [0.2, 0.25) is 0 Å². The van der Waals surface area contributed by atoms with E-state index in [0.29, 0.717) is 0 Å². The number of aliphatic hydroxyl groups is 22. The fourth-order valence-corrected chi connectivity index (χ4v) is 12.1. The predicted octanol–water partition coefficient (Wildman–Crippen LogP) is -17.7. The van der Waals surface area contributed by atoms with Gasteiger partial charge in [0.2, 0.25) is 18.2 Å². The molecule has 0 saturated carbocycles. The van der Waals surface area contributed by atoms with Gasteiger partial charge in [0.1, 0.15) is 165 Å². The summed E-state index contributed by atoms with van der Waals surface area (Å²) < 4.78 is 81.3. The van der Waals surface area contributed by atoms with E-state index in [-0.39, 0.29) is 6.41 Å². The molecule has 0 aliphatic carbocycles. The number of hydrogen-bond donors (Lipinski definition) is 26. The number of aliphatic hydroxyl groups excluding tert-OH is 22. The van der Waals surface area contributed by atoms with Crippen LogP contribution in [0.3, 0.4) is 0 Å². The highest BCUT2D eigenvalue weighted by Gasteiger charge is 2.63. The summed E-state index contributed by atoms with van der Waals surface area (Å²) in [7, 11) is 0. The zero-order valence-electron chi connectivity index (χ0n) is 51.6. The zero-order chi connectivity index (χ0) is 71.8. The third-order valence-corrected chi connectivity index (χ3v) is 17.3. The Morgan fingerprint density at radius 2 is 0.866 bits per heavy atom. The Balaban J connectivity index is 1.24. The first-order valence-electron chi connectivity index (χ1n) is 30.5. The molecule has 7 fully saturated rings. The van der Waals surface area contributed by atoms with Crippen LogP contribution in [-0.2, 0) is 85.5 Å². The number of ether oxygens (including phenoxy) is 14. The third kappa shape index (κ3) is 17.9. The van der Waals surface area contributed by atoms with Crippen LogP contribution in [0.5, 0.6) is 0 Å². The van der Waals surface area contributed by atoms with Crippen molar-refractivity contribution >= 4 is 24.2 Å². The summed E-state index contributed by atoms with van der Waals surface area (Å²) in [4.78, 5) is 50.5. The molecule has 26 N–H and O–H groups in total. The third-order valence-electron chi connectivity index (χ3n) is 17.3. The van der Waals surface area contributed by atoms with Gasteiger partial charge in [-0.1, -0.05) is 0 Å². The summed E-state index contributed by atoms with van der Waals surface area (Å²) in [5.41, 5.74) is 0. The Hall–Kier alpha value is -3.56. The quantitative estimate of drug-likeness (QED) is 0.0297. The van der Waals surface area contributed by atoms with Crippen molar-refractivity contribution < 1.29 is 203 Å². The molecule has 0 unspecified atom stereocenters. The van der Waals surface area contributed by atoms with Gasteiger partial charge < -0.3 is 200 Å². The molecule has 37 atom stereocenters. The summed E-state index contributed by atoms with van der Waals surface area (Å²) in [6, 6.07) is -5.00. The van der Waals surface area contributed by atoms with Crippen molar-refractivity contribution in [2.24, 2.45) is 0 Å². The lowest BCUT2D eigenvalue weighted by Gasteiger charge is -2.53. The van der Waals surface area contributed by atoms with Gasteiger partial charge >= 0.3 is 5.97 Å². The van der Waals surface area contributed by atoms with Crippen molar-refractivity contribution in [3.05, 3.63) is 0 Å². The Kier molecular flexibility index (Phi) is 29.6. The van der Waals surface area contributed by atoms with Crippen LogP contribution in [0.15, 0.2) is 0 Å². The zero-order valence-corrected chi connectivity index (χ0v) is 51.6. The second kappa shape index (κ2) is 35.6. The van der Waals surface area contributed by atoms with Crippen LogP contribution in [0, 0.1) is 0 Å². The van der Waals surface area contributed by atoms with Gasteiger partial charge in [-0.3, -0.25) is 14.4 Å². The molecule has 7 saturated heterocycles. The molecule has 0 radical (unpaired) electrons. The van der Waals surface area contributed by atoms with Crippen LogP contribution >= 0.6 is 0 Å². The molecule has 7 heterocycles. The van der Waals surface area contributed by atoms with E-state index >= 15 is 0 Å². The maximum Gasteiger partial charge on any atom is 0.364 e. The van der Waals surface area contributed by atoms with E-state index < -0.39 is 310 Å². The van der Waals surface area contributed by atoms with Crippen molar-refractivity contribution in [1.29, 1.82) is 0 Å². The second-order valence-corrected chi connectivity index (χ2v) is 23.9. The van der Waals surface area contributed by atoms with Gasteiger partial charge in [0.05, 0.1) is 77.6 Å². The van der Waals surface area contributed by atoms with Crippen molar-refractivity contribution in [2.45, 2.75) is 247 Å². The van der Waals surface area contributed by atoms with Gasteiger partial charge in [-0.2, -0.15) is 0 Å². The minimum atomic E-state index is -3.46. The number of carboxylic acids is 1. The van der Waals surface area contributed by atoms with Gasteiger partial charge in [0.15, 0.2) is 37.7 Å². The van der Waals surface area contributed by atoms with E-state index in [1.807, 2.05) is 0 Å².